The lowest BCUT2D eigenvalue weighted by Crippen LogP contribution is -2.31. The van der Waals surface area contributed by atoms with E-state index >= 15 is 0 Å². The van der Waals surface area contributed by atoms with Crippen LogP contribution in [0.5, 0.6) is 11.5 Å². The van der Waals surface area contributed by atoms with Gasteiger partial charge in [-0.1, -0.05) is 58.4 Å². The minimum absolute atomic E-state index is 0.388. The first-order valence-electron chi connectivity index (χ1n) is 8.94. The molecule has 0 amide bonds. The van der Waals surface area contributed by atoms with Crippen molar-refractivity contribution in [2.24, 2.45) is 0 Å². The van der Waals surface area contributed by atoms with Gasteiger partial charge in [-0.2, -0.15) is 0 Å². The van der Waals surface area contributed by atoms with Crippen LogP contribution in [0.2, 0.25) is 0 Å². The topological polar surface area (TPSA) is 58.9 Å². The third-order valence-corrected chi connectivity index (χ3v) is 3.79. The summed E-state index contributed by atoms with van der Waals surface area (Å²) >= 11 is 0. The van der Waals surface area contributed by atoms with Crippen molar-refractivity contribution in [2.75, 3.05) is 13.2 Å². The second-order valence-electron chi connectivity index (χ2n) is 5.89. The van der Waals surface area contributed by atoms with E-state index in [1.54, 1.807) is 18.2 Å². The Morgan fingerprint density at radius 1 is 0.826 bits per heavy atom. The molecule has 5 heteroatoms. The number of hydrogen-bond donors (Lipinski definition) is 2. The van der Waals surface area contributed by atoms with Crippen molar-refractivity contribution in [1.82, 2.24) is 0 Å². The fourth-order valence-electron chi connectivity index (χ4n) is 2.37. The Morgan fingerprint density at radius 2 is 1.43 bits per heavy atom. The number of benzene rings is 1. The van der Waals surface area contributed by atoms with Gasteiger partial charge in [-0.05, 0) is 18.9 Å². The van der Waals surface area contributed by atoms with Gasteiger partial charge in [0, 0.05) is 11.5 Å². The van der Waals surface area contributed by atoms with Gasteiger partial charge in [0.05, 0.1) is 13.2 Å². The number of hydrogen-bond acceptors (Lipinski definition) is 4. The third kappa shape index (κ3) is 8.28. The number of unbranched alkanes of at least 4 members (excludes halogenated alkanes) is 6. The molecule has 4 nitrogen and oxygen atoms in total. The summed E-state index contributed by atoms with van der Waals surface area (Å²) < 4.78 is 11.5. The van der Waals surface area contributed by atoms with Gasteiger partial charge in [0.15, 0.2) is 0 Å². The summed E-state index contributed by atoms with van der Waals surface area (Å²) in [6, 6.07) is 5.18. The van der Waals surface area contributed by atoms with Gasteiger partial charge in [0.2, 0.25) is 0 Å². The summed E-state index contributed by atoms with van der Waals surface area (Å²) in [5.41, 5.74) is 0.388. The van der Waals surface area contributed by atoms with E-state index < -0.39 is 7.12 Å². The zero-order valence-corrected chi connectivity index (χ0v) is 14.6. The van der Waals surface area contributed by atoms with E-state index in [-0.39, 0.29) is 0 Å². The zero-order valence-electron chi connectivity index (χ0n) is 14.6. The smallest absolute Gasteiger partial charge is 0.492 e. The minimum Gasteiger partial charge on any atom is -0.494 e. The van der Waals surface area contributed by atoms with Gasteiger partial charge in [0.25, 0.3) is 0 Å². The van der Waals surface area contributed by atoms with E-state index in [4.69, 9.17) is 9.47 Å². The molecule has 0 atom stereocenters. The fourth-order valence-corrected chi connectivity index (χ4v) is 2.37. The maximum Gasteiger partial charge on any atom is 0.492 e. The lowest BCUT2D eigenvalue weighted by atomic mass is 9.79. The first kappa shape index (κ1) is 19.9. The molecule has 0 saturated heterocycles. The lowest BCUT2D eigenvalue weighted by Gasteiger charge is -2.13. The Bertz CT molecular complexity index is 423. The molecule has 0 aliphatic heterocycles. The molecule has 1 aromatic rings. The molecule has 0 aliphatic carbocycles. The molecule has 2 N–H and O–H groups in total. The van der Waals surface area contributed by atoms with E-state index in [1.165, 1.54) is 32.1 Å². The Morgan fingerprint density at radius 3 is 2.00 bits per heavy atom. The molecule has 23 heavy (non-hydrogen) atoms. The highest BCUT2D eigenvalue weighted by Crippen LogP contribution is 2.19. The van der Waals surface area contributed by atoms with Crippen LogP contribution < -0.4 is 14.9 Å². The first-order valence-corrected chi connectivity index (χ1v) is 8.94. The van der Waals surface area contributed by atoms with E-state index in [0.29, 0.717) is 24.4 Å². The highest BCUT2D eigenvalue weighted by atomic mass is 16.5. The van der Waals surface area contributed by atoms with Gasteiger partial charge in [-0.25, -0.2) is 0 Å². The van der Waals surface area contributed by atoms with Crippen LogP contribution in [0.1, 0.15) is 65.2 Å². The lowest BCUT2D eigenvalue weighted by molar-refractivity contribution is 0.291. The maximum absolute atomic E-state index is 9.44. The van der Waals surface area contributed by atoms with Gasteiger partial charge in [-0.3, -0.25) is 0 Å². The quantitative estimate of drug-likeness (QED) is 0.432. The Balaban J connectivity index is 2.52. The molecule has 0 heterocycles. The maximum atomic E-state index is 9.44. The predicted octanol–water partition coefficient (Wildman–Crippen LogP) is 3.28. The van der Waals surface area contributed by atoms with Crippen LogP contribution in [0.3, 0.4) is 0 Å². The van der Waals surface area contributed by atoms with Gasteiger partial charge < -0.3 is 19.5 Å². The summed E-state index contributed by atoms with van der Waals surface area (Å²) in [5, 5.41) is 18.9. The van der Waals surface area contributed by atoms with Crippen molar-refractivity contribution >= 4 is 12.6 Å². The summed E-state index contributed by atoms with van der Waals surface area (Å²) in [5.74, 6) is 1.22. The molecule has 0 fully saturated rings. The van der Waals surface area contributed by atoms with Crippen LogP contribution in [-0.4, -0.2) is 30.4 Å². The molecule has 0 saturated carbocycles. The molecule has 1 rings (SSSR count). The van der Waals surface area contributed by atoms with Crippen LogP contribution in [0.25, 0.3) is 0 Å². The molecule has 0 aromatic heterocycles. The molecule has 0 aliphatic rings. The molecular formula is C18H31BO4. The van der Waals surface area contributed by atoms with Crippen LogP contribution in [0, 0.1) is 0 Å². The molecule has 1 aromatic carbocycles. The van der Waals surface area contributed by atoms with E-state index in [1.807, 2.05) is 0 Å². The SMILES string of the molecule is CCCCCCOc1ccc(B(O)O)c(OCCCCCC)c1. The van der Waals surface area contributed by atoms with Crippen molar-refractivity contribution in [3.05, 3.63) is 18.2 Å². The van der Waals surface area contributed by atoms with E-state index in [9.17, 15) is 10.0 Å². The van der Waals surface area contributed by atoms with Crippen molar-refractivity contribution in [3.8, 4) is 11.5 Å². The molecule has 0 radical (unpaired) electrons. The van der Waals surface area contributed by atoms with E-state index in [0.717, 1.165) is 25.0 Å². The Labute approximate surface area is 141 Å². The zero-order chi connectivity index (χ0) is 16.9. The van der Waals surface area contributed by atoms with Gasteiger partial charge in [0.1, 0.15) is 11.5 Å². The highest BCUT2D eigenvalue weighted by Gasteiger charge is 2.18. The van der Waals surface area contributed by atoms with Gasteiger partial charge >= 0.3 is 7.12 Å². The van der Waals surface area contributed by atoms with Crippen LogP contribution >= 0.6 is 0 Å². The van der Waals surface area contributed by atoms with Crippen LogP contribution in [0.15, 0.2) is 18.2 Å². The second-order valence-corrected chi connectivity index (χ2v) is 5.89. The largest absolute Gasteiger partial charge is 0.494 e. The van der Waals surface area contributed by atoms with Crippen LogP contribution in [-0.2, 0) is 0 Å². The summed E-state index contributed by atoms with van der Waals surface area (Å²) in [7, 11) is -1.53. The van der Waals surface area contributed by atoms with Crippen molar-refractivity contribution in [3.63, 3.8) is 0 Å². The summed E-state index contributed by atoms with van der Waals surface area (Å²) in [6.45, 7) is 5.61. The normalized spacial score (nSPS) is 10.6. The average molecular weight is 322 g/mol. The molecule has 0 unspecified atom stereocenters. The predicted molar refractivity (Wildman–Crippen MR) is 95.5 cm³/mol. The molecular weight excluding hydrogens is 291 g/mol. The third-order valence-electron chi connectivity index (χ3n) is 3.79. The van der Waals surface area contributed by atoms with Crippen molar-refractivity contribution in [2.45, 2.75) is 65.2 Å². The van der Waals surface area contributed by atoms with Crippen molar-refractivity contribution in [1.29, 1.82) is 0 Å². The fraction of sp³-hybridized carbons (Fsp3) is 0.667. The Hall–Kier alpha value is -1.20. The summed E-state index contributed by atoms with van der Waals surface area (Å²) in [6.07, 6.45) is 9.11. The van der Waals surface area contributed by atoms with E-state index in [2.05, 4.69) is 13.8 Å². The Kier molecular flexibility index (Phi) is 10.6. The van der Waals surface area contributed by atoms with Crippen LogP contribution in [0.4, 0.5) is 0 Å². The average Bonchev–Trinajstić information content (AvgIpc) is 2.54. The standard InChI is InChI=1S/C18H31BO4/c1-3-5-7-9-13-22-16-11-12-17(19(20)21)18(15-16)23-14-10-8-6-4-2/h11-12,15,20-21H,3-10,13-14H2,1-2H3. The number of ether oxygens (including phenoxy) is 2. The first-order chi connectivity index (χ1) is 11.2. The van der Waals surface area contributed by atoms with Crippen molar-refractivity contribution < 1.29 is 19.5 Å². The monoisotopic (exact) mass is 322 g/mol. The summed E-state index contributed by atoms with van der Waals surface area (Å²) in [4.78, 5) is 0. The van der Waals surface area contributed by atoms with Gasteiger partial charge in [-0.15, -0.1) is 0 Å². The number of rotatable bonds is 13. The highest BCUT2D eigenvalue weighted by molar-refractivity contribution is 6.59. The molecule has 130 valence electrons. The minimum atomic E-state index is -1.53. The second kappa shape index (κ2) is 12.3. The molecule has 0 spiro atoms. The molecule has 0 bridgehead atoms.